The number of allylic oxidation sites excluding steroid dienone is 1. The summed E-state index contributed by atoms with van der Waals surface area (Å²) in [5.74, 6) is -2.12. The lowest BCUT2D eigenvalue weighted by molar-refractivity contribution is -0.133. The molecule has 3 aromatic rings. The van der Waals surface area contributed by atoms with Gasteiger partial charge in [0, 0.05) is 17.0 Å². The normalized spacial score (nSPS) is 14.9. The van der Waals surface area contributed by atoms with E-state index in [9.17, 15) is 4.79 Å². The van der Waals surface area contributed by atoms with Crippen LogP contribution >= 0.6 is 11.6 Å². The molecule has 0 unspecified atom stereocenters. The van der Waals surface area contributed by atoms with Crippen molar-refractivity contribution in [2.45, 2.75) is 78.1 Å². The Morgan fingerprint density at radius 3 is 2.15 bits per heavy atom. The summed E-state index contributed by atoms with van der Waals surface area (Å²) in [6, 6.07) is 11.3. The fraction of sp³-hybridized carbons (Fsp3) is 0.375. The summed E-state index contributed by atoms with van der Waals surface area (Å²) >= 11 is 5.99. The first kappa shape index (κ1) is 30.7. The highest BCUT2D eigenvalue weighted by Gasteiger charge is 2.42. The Labute approximate surface area is 246 Å². The van der Waals surface area contributed by atoms with Crippen molar-refractivity contribution in [2.75, 3.05) is 0 Å². The van der Waals surface area contributed by atoms with Crippen molar-refractivity contribution >= 4 is 25.6 Å². The molecule has 9 heteroatoms. The third kappa shape index (κ3) is 6.49. The Kier molecular flexibility index (Phi) is 9.24. The van der Waals surface area contributed by atoms with Crippen LogP contribution in [0.5, 0.6) is 5.75 Å². The van der Waals surface area contributed by atoms with E-state index in [1.807, 2.05) is 6.92 Å². The van der Waals surface area contributed by atoms with Crippen LogP contribution in [0.25, 0.3) is 5.69 Å². The number of rotatable bonds is 10. The zero-order chi connectivity index (χ0) is 30.1. The minimum Gasteiger partial charge on any atom is -0.481 e. The number of cyclic esters (lactones) is 1. The van der Waals surface area contributed by atoms with Gasteiger partial charge in [-0.25, -0.2) is 18.3 Å². The minimum atomic E-state index is -1.97. The van der Waals surface area contributed by atoms with Crippen molar-refractivity contribution in [2.24, 2.45) is 0 Å². The molecule has 5 nitrogen and oxygen atoms in total. The molecule has 0 amide bonds. The summed E-state index contributed by atoms with van der Waals surface area (Å²) < 4.78 is 43.0. The van der Waals surface area contributed by atoms with Crippen molar-refractivity contribution in [3.63, 3.8) is 0 Å². The highest BCUT2D eigenvalue weighted by atomic mass is 35.5. The van der Waals surface area contributed by atoms with Gasteiger partial charge in [-0.3, -0.25) is 0 Å². The average molecular weight is 599 g/mol. The van der Waals surface area contributed by atoms with Crippen molar-refractivity contribution in [1.82, 2.24) is 9.78 Å². The highest BCUT2D eigenvalue weighted by molar-refractivity contribution is 6.88. The van der Waals surface area contributed by atoms with Crippen LogP contribution in [0.15, 0.2) is 65.6 Å². The van der Waals surface area contributed by atoms with Crippen LogP contribution in [-0.4, -0.2) is 23.8 Å². The second kappa shape index (κ2) is 12.3. The van der Waals surface area contributed by atoms with Gasteiger partial charge in [-0.1, -0.05) is 58.8 Å². The lowest BCUT2D eigenvalue weighted by atomic mass is 10.0. The quantitative estimate of drug-likeness (QED) is 0.173. The van der Waals surface area contributed by atoms with Crippen LogP contribution in [-0.2, 0) is 22.6 Å². The van der Waals surface area contributed by atoms with Gasteiger partial charge in [0.25, 0.3) is 0 Å². The van der Waals surface area contributed by atoms with Gasteiger partial charge in [0.15, 0.2) is 17.4 Å². The molecule has 4 rings (SSSR count). The summed E-state index contributed by atoms with van der Waals surface area (Å²) in [6.07, 6.45) is 1.77. The Hall–Kier alpha value is -3.23. The monoisotopic (exact) mass is 598 g/mol. The zero-order valence-electron chi connectivity index (χ0n) is 24.6. The molecular weight excluding hydrogens is 562 g/mol. The van der Waals surface area contributed by atoms with Crippen molar-refractivity contribution in [3.8, 4) is 11.4 Å². The Morgan fingerprint density at radius 1 is 1.00 bits per heavy atom. The van der Waals surface area contributed by atoms with E-state index in [2.05, 4.69) is 52.3 Å². The predicted molar refractivity (Wildman–Crippen MR) is 161 cm³/mol. The van der Waals surface area contributed by atoms with Crippen LogP contribution in [0.2, 0.25) is 21.6 Å². The number of aromatic nitrogens is 2. The molecule has 1 aromatic heterocycles. The van der Waals surface area contributed by atoms with Crippen LogP contribution in [0.3, 0.4) is 0 Å². The van der Waals surface area contributed by atoms with Crippen LogP contribution in [0, 0.1) is 18.6 Å². The molecule has 1 aliphatic rings. The maximum Gasteiger partial charge on any atom is 0.339 e. The van der Waals surface area contributed by atoms with Gasteiger partial charge >= 0.3 is 5.97 Å². The molecule has 0 fully saturated rings. The highest BCUT2D eigenvalue weighted by Crippen LogP contribution is 2.44. The van der Waals surface area contributed by atoms with E-state index in [0.29, 0.717) is 44.2 Å². The van der Waals surface area contributed by atoms with Crippen molar-refractivity contribution in [1.29, 1.82) is 0 Å². The number of carbonyl (C=O) groups is 1. The summed E-state index contributed by atoms with van der Waals surface area (Å²) in [7, 11) is -1.97. The molecule has 2 aromatic carbocycles. The molecule has 0 saturated heterocycles. The van der Waals surface area contributed by atoms with E-state index in [-0.39, 0.29) is 13.0 Å². The fourth-order valence-electron chi connectivity index (χ4n) is 6.05. The molecule has 41 heavy (non-hydrogen) atoms. The number of halogens is 3. The molecule has 0 saturated carbocycles. The van der Waals surface area contributed by atoms with E-state index >= 15 is 8.78 Å². The molecule has 0 bridgehead atoms. The molecule has 218 valence electrons. The summed E-state index contributed by atoms with van der Waals surface area (Å²) in [6.45, 7) is 15.1. The lowest BCUT2D eigenvalue weighted by Crippen LogP contribution is -2.43. The van der Waals surface area contributed by atoms with Crippen LogP contribution < -0.4 is 4.74 Å². The second-order valence-electron chi connectivity index (χ2n) is 11.6. The summed E-state index contributed by atoms with van der Waals surface area (Å²) in [5, 5.41) is 5.05. The largest absolute Gasteiger partial charge is 0.481 e. The molecule has 2 heterocycles. The molecule has 0 aliphatic carbocycles. The van der Waals surface area contributed by atoms with E-state index < -0.39 is 31.4 Å². The number of esters is 1. The van der Waals surface area contributed by atoms with Gasteiger partial charge in [-0.05, 0) is 77.7 Å². The number of nitrogens with zero attached hydrogens (tertiary/aromatic N) is 2. The SMILES string of the molecule is Cc1cc(COc2c(F)cc(CC3=C/C(=C/[Si](C(C)C)(C(C)C)C(C)C)OC3=O)cc2F)n(-c2ccc(Cl)cc2)n1. The van der Waals surface area contributed by atoms with Crippen LogP contribution in [0.4, 0.5) is 8.78 Å². The number of aryl methyl sites for hydroxylation is 1. The van der Waals surface area contributed by atoms with Gasteiger partial charge in [0.2, 0.25) is 0 Å². The van der Waals surface area contributed by atoms with Gasteiger partial charge in [-0.15, -0.1) is 0 Å². The van der Waals surface area contributed by atoms with E-state index in [1.54, 1.807) is 41.1 Å². The first-order valence-corrected chi connectivity index (χ1v) is 16.6. The molecular formula is C32H37ClF2N2O3Si. The van der Waals surface area contributed by atoms with E-state index in [0.717, 1.165) is 11.4 Å². The Morgan fingerprint density at radius 2 is 1.59 bits per heavy atom. The maximum atomic E-state index is 15.1. The Balaban J connectivity index is 1.53. The van der Waals surface area contributed by atoms with Gasteiger partial charge in [-0.2, -0.15) is 5.10 Å². The number of carbonyl (C=O) groups excluding carboxylic acids is 1. The van der Waals surface area contributed by atoms with Crippen molar-refractivity contribution < 1.29 is 23.0 Å². The smallest absolute Gasteiger partial charge is 0.339 e. The van der Waals surface area contributed by atoms with Gasteiger partial charge in [0.1, 0.15) is 12.4 Å². The number of ether oxygens (including phenoxy) is 2. The summed E-state index contributed by atoms with van der Waals surface area (Å²) in [4.78, 5) is 12.7. The molecule has 0 N–H and O–H groups in total. The summed E-state index contributed by atoms with van der Waals surface area (Å²) in [5.41, 5.74) is 6.33. The first-order chi connectivity index (χ1) is 19.3. The van der Waals surface area contributed by atoms with E-state index in [1.165, 1.54) is 12.1 Å². The number of hydrogen-bond donors (Lipinski definition) is 0. The number of benzene rings is 2. The average Bonchev–Trinajstić information content (AvgIpc) is 3.42. The minimum absolute atomic E-state index is 0.0480. The molecule has 0 atom stereocenters. The van der Waals surface area contributed by atoms with Gasteiger partial charge in [0.05, 0.1) is 25.1 Å². The topological polar surface area (TPSA) is 53.4 Å². The maximum absolute atomic E-state index is 15.1. The predicted octanol–water partition coefficient (Wildman–Crippen LogP) is 8.82. The van der Waals surface area contributed by atoms with Gasteiger partial charge < -0.3 is 9.47 Å². The molecule has 1 aliphatic heterocycles. The Bertz CT molecular complexity index is 1450. The molecule has 0 radical (unpaired) electrons. The number of hydrogen-bond acceptors (Lipinski definition) is 4. The lowest BCUT2D eigenvalue weighted by Gasteiger charge is -2.40. The third-order valence-electron chi connectivity index (χ3n) is 7.98. The van der Waals surface area contributed by atoms with Crippen molar-refractivity contribution in [3.05, 3.63) is 99.2 Å². The molecule has 0 spiro atoms. The zero-order valence-corrected chi connectivity index (χ0v) is 26.4. The fourth-order valence-corrected chi connectivity index (χ4v) is 11.8. The van der Waals surface area contributed by atoms with Crippen LogP contribution in [0.1, 0.15) is 58.5 Å². The first-order valence-electron chi connectivity index (χ1n) is 13.9. The standard InChI is InChI=1S/C32H37ClF2N2O3Si/c1-19(2)41(20(3)4,21(5)6)18-28-16-24(32(38)40-28)13-23-14-29(34)31(30(35)15-23)39-17-27-12-22(7)36-37(27)26-10-8-25(33)9-11-26/h8-12,14-16,18-21H,13,17H2,1-7H3/b28-18-. The third-order valence-corrected chi connectivity index (χ3v) is 15.0. The van der Waals surface area contributed by atoms with E-state index in [4.69, 9.17) is 21.1 Å². The second-order valence-corrected chi connectivity index (χ2v) is 17.8.